The van der Waals surface area contributed by atoms with E-state index in [1.807, 2.05) is 31.1 Å². The van der Waals surface area contributed by atoms with Crippen LogP contribution in [0.15, 0.2) is 24.5 Å². The summed E-state index contributed by atoms with van der Waals surface area (Å²) in [7, 11) is -4.78. The number of hydrogen-bond donors (Lipinski definition) is 5. The van der Waals surface area contributed by atoms with Crippen molar-refractivity contribution in [3.63, 3.8) is 0 Å². The number of carbonyl (C=O) groups excluding carboxylic acids is 1. The van der Waals surface area contributed by atoms with Crippen LogP contribution in [0.2, 0.25) is 0 Å². The lowest BCUT2D eigenvalue weighted by molar-refractivity contribution is -0.127. The average Bonchev–Trinajstić information content (AvgIpc) is 3.38. The van der Waals surface area contributed by atoms with Crippen molar-refractivity contribution in [1.29, 1.82) is 0 Å². The summed E-state index contributed by atoms with van der Waals surface area (Å²) in [6.07, 6.45) is 7.24. The van der Waals surface area contributed by atoms with Crippen LogP contribution in [0.1, 0.15) is 47.4 Å². The van der Waals surface area contributed by atoms with E-state index in [1.165, 1.54) is 0 Å². The molecule has 12 heteroatoms. The minimum Gasteiger partial charge on any atom is -0.506 e. The number of amides is 1. The molecule has 0 saturated heterocycles. The molecule has 1 amide bonds. The predicted octanol–water partition coefficient (Wildman–Crippen LogP) is 5.35. The minimum absolute atomic E-state index is 0.00846. The van der Waals surface area contributed by atoms with Crippen LogP contribution in [-0.4, -0.2) is 56.3 Å². The summed E-state index contributed by atoms with van der Waals surface area (Å²) in [5, 5.41) is 12.7. The van der Waals surface area contributed by atoms with Gasteiger partial charge in [0.15, 0.2) is 5.75 Å². The molecule has 0 radical (unpaired) electrons. The lowest BCUT2D eigenvalue weighted by atomic mass is 9.73. The number of aromatic hydroxyl groups is 1. The third-order valence-electron chi connectivity index (χ3n) is 11.5. The van der Waals surface area contributed by atoms with Gasteiger partial charge in [0.25, 0.3) is 0 Å². The zero-order valence-corrected chi connectivity index (χ0v) is 25.5. The third kappa shape index (κ3) is 3.12. The Morgan fingerprint density at radius 3 is 2.56 bits per heavy atom. The fourth-order valence-corrected chi connectivity index (χ4v) is 10.4. The fraction of sp³-hybridized carbons (Fsp3) is 0.452. The van der Waals surface area contributed by atoms with Gasteiger partial charge in [-0.1, -0.05) is 0 Å². The molecule has 5 aliphatic rings. The molecule has 2 aromatic carbocycles. The number of phenolic OH excluding ortho intramolecular Hbond substituents is 1. The SMILES string of the molecule is Cc1c[nH]c2c(O)cc3c(c12)CCN3C(=O)C12CC3(CN4CC(CCl)c5c4cc(OP(=O)(O)O)c4[nH]cc(C)c54)CC31C2. The van der Waals surface area contributed by atoms with Gasteiger partial charge in [0.05, 0.1) is 22.1 Å². The number of aromatic nitrogens is 2. The minimum atomic E-state index is -4.78. The van der Waals surface area contributed by atoms with Crippen LogP contribution in [0.4, 0.5) is 11.4 Å². The molecule has 10 nitrogen and oxygen atoms in total. The van der Waals surface area contributed by atoms with E-state index < -0.39 is 7.82 Å². The maximum absolute atomic E-state index is 14.2. The van der Waals surface area contributed by atoms with Crippen LogP contribution >= 0.6 is 19.4 Å². The van der Waals surface area contributed by atoms with E-state index in [1.54, 1.807) is 12.1 Å². The molecule has 2 aromatic heterocycles. The Labute approximate surface area is 252 Å². The Kier molecular flexibility index (Phi) is 4.83. The number of phosphoric ester groups is 1. The van der Waals surface area contributed by atoms with Crippen LogP contribution in [0.5, 0.6) is 11.5 Å². The summed E-state index contributed by atoms with van der Waals surface area (Å²) in [5.74, 6) is 0.989. The van der Waals surface area contributed by atoms with Crippen molar-refractivity contribution in [2.24, 2.45) is 16.2 Å². The van der Waals surface area contributed by atoms with Gasteiger partial charge in [-0.05, 0) is 72.6 Å². The molecule has 5 N–H and O–H groups in total. The molecule has 2 aliphatic heterocycles. The van der Waals surface area contributed by atoms with E-state index in [4.69, 9.17) is 16.1 Å². The van der Waals surface area contributed by atoms with Gasteiger partial charge in [0, 0.05) is 72.4 Å². The predicted molar refractivity (Wildman–Crippen MR) is 163 cm³/mol. The Morgan fingerprint density at radius 1 is 1.09 bits per heavy atom. The van der Waals surface area contributed by atoms with E-state index in [2.05, 4.69) is 14.9 Å². The molecule has 4 unspecified atom stereocenters. The van der Waals surface area contributed by atoms with Crippen LogP contribution in [0.25, 0.3) is 21.8 Å². The third-order valence-corrected chi connectivity index (χ3v) is 12.3. The monoisotopic (exact) mass is 622 g/mol. The number of aromatic amines is 2. The van der Waals surface area contributed by atoms with E-state index in [-0.39, 0.29) is 39.6 Å². The number of benzene rings is 2. The standard InChI is InChI=1S/C31H32ClN4O6P/c1-15-8-33-26-21(37)5-19-18(23(15)26)3-4-36(19)28(38)30-11-29(12-31(29,30)13-30)14-35-10-17(7-32)25-20(35)6-22(42-43(39,40)41)27-24(25)16(2)9-34-27/h5-6,8-9,17,33-34,37H,3-4,7,10-14H2,1-2H3,(H2,39,40,41). The lowest BCUT2D eigenvalue weighted by Gasteiger charge is -2.38. The topological polar surface area (TPSA) is 142 Å². The molecule has 3 saturated carbocycles. The summed E-state index contributed by atoms with van der Waals surface area (Å²) >= 11 is 6.50. The second kappa shape index (κ2) is 7.91. The number of fused-ring (bicyclic) bond motifs is 6. The first kappa shape index (κ1) is 26.3. The summed E-state index contributed by atoms with van der Waals surface area (Å²) in [6.45, 7) is 6.11. The van der Waals surface area contributed by atoms with Crippen molar-refractivity contribution in [3.05, 3.63) is 46.8 Å². The largest absolute Gasteiger partial charge is 0.524 e. The van der Waals surface area contributed by atoms with Gasteiger partial charge >= 0.3 is 7.82 Å². The molecular weight excluding hydrogens is 591 g/mol. The Morgan fingerprint density at radius 2 is 1.84 bits per heavy atom. The molecule has 43 heavy (non-hydrogen) atoms. The normalized spacial score (nSPS) is 29.8. The number of carbonyl (C=O) groups is 1. The summed E-state index contributed by atoms with van der Waals surface area (Å²) < 4.78 is 17.0. The number of nitrogens with one attached hydrogen (secondary N) is 2. The highest BCUT2D eigenvalue weighted by Crippen LogP contribution is 3.01. The number of nitrogens with zero attached hydrogens (tertiary/aromatic N) is 2. The van der Waals surface area contributed by atoms with Crippen molar-refractivity contribution in [1.82, 2.24) is 9.97 Å². The summed E-state index contributed by atoms with van der Waals surface area (Å²) in [6, 6.07) is 3.49. The van der Waals surface area contributed by atoms with Crippen LogP contribution in [0, 0.1) is 30.1 Å². The first-order valence-corrected chi connectivity index (χ1v) is 16.8. The second-order valence-corrected chi connectivity index (χ2v) is 15.1. The van der Waals surface area contributed by atoms with E-state index in [0.29, 0.717) is 24.5 Å². The van der Waals surface area contributed by atoms with Crippen molar-refractivity contribution >= 4 is 58.5 Å². The number of rotatable bonds is 6. The fourth-order valence-electron chi connectivity index (χ4n) is 9.76. The highest BCUT2D eigenvalue weighted by Gasteiger charge is 2.98. The van der Waals surface area contributed by atoms with Crippen molar-refractivity contribution in [3.8, 4) is 11.5 Å². The van der Waals surface area contributed by atoms with Gasteiger partial charge in [-0.15, -0.1) is 11.6 Å². The Balaban J connectivity index is 1.02. The van der Waals surface area contributed by atoms with Gasteiger partial charge in [-0.25, -0.2) is 4.57 Å². The molecule has 0 bridgehead atoms. The van der Waals surface area contributed by atoms with Crippen LogP contribution < -0.4 is 14.3 Å². The molecule has 4 atom stereocenters. The summed E-state index contributed by atoms with van der Waals surface area (Å²) in [5.41, 5.74) is 7.03. The van der Waals surface area contributed by atoms with E-state index in [0.717, 1.165) is 82.1 Å². The first-order chi connectivity index (χ1) is 20.4. The Hall–Kier alpha value is -3.17. The highest BCUT2D eigenvalue weighted by atomic mass is 35.5. The van der Waals surface area contributed by atoms with Crippen LogP contribution in [0.3, 0.4) is 0 Å². The molecule has 9 rings (SSSR count). The van der Waals surface area contributed by atoms with Gasteiger partial charge in [-0.3, -0.25) is 14.6 Å². The average molecular weight is 623 g/mol. The lowest BCUT2D eigenvalue weighted by Crippen LogP contribution is -2.46. The quantitative estimate of drug-likeness (QED) is 0.144. The van der Waals surface area contributed by atoms with E-state index >= 15 is 0 Å². The van der Waals surface area contributed by atoms with Crippen molar-refractivity contribution in [2.45, 2.75) is 45.4 Å². The first-order valence-electron chi connectivity index (χ1n) is 14.8. The number of phosphoric acid groups is 1. The highest BCUT2D eigenvalue weighted by molar-refractivity contribution is 7.46. The van der Waals surface area contributed by atoms with Crippen LogP contribution in [-0.2, 0) is 15.8 Å². The summed E-state index contributed by atoms with van der Waals surface area (Å²) in [4.78, 5) is 43.9. The number of hydrogen-bond acceptors (Lipinski definition) is 5. The van der Waals surface area contributed by atoms with Crippen molar-refractivity contribution in [2.75, 3.05) is 35.3 Å². The second-order valence-electron chi connectivity index (χ2n) is 13.6. The van der Waals surface area contributed by atoms with Gasteiger partial charge in [0.1, 0.15) is 5.75 Å². The molecule has 4 aromatic rings. The molecular formula is C31H32ClN4O6P. The number of phenols is 1. The molecule has 224 valence electrons. The number of halogens is 1. The van der Waals surface area contributed by atoms with E-state index in [9.17, 15) is 24.3 Å². The molecule has 4 heterocycles. The number of H-pyrrole nitrogens is 2. The molecule has 3 aliphatic carbocycles. The number of aryl methyl sites for hydroxylation is 2. The number of alkyl halides is 1. The zero-order chi connectivity index (χ0) is 29.8. The molecule has 3 fully saturated rings. The maximum Gasteiger partial charge on any atom is 0.524 e. The van der Waals surface area contributed by atoms with Gasteiger partial charge < -0.3 is 29.4 Å². The smallest absolute Gasteiger partial charge is 0.506 e. The number of anilines is 2. The van der Waals surface area contributed by atoms with Crippen molar-refractivity contribution < 1.29 is 28.8 Å². The zero-order valence-electron chi connectivity index (χ0n) is 23.8. The van der Waals surface area contributed by atoms with Gasteiger partial charge in [0.2, 0.25) is 5.91 Å². The van der Waals surface area contributed by atoms with Gasteiger partial charge in [-0.2, -0.15) is 0 Å². The maximum atomic E-state index is 14.2. The molecule has 1 spiro atoms. The Bertz CT molecular complexity index is 2000.